The molecule has 1 aliphatic rings. The van der Waals surface area contributed by atoms with Crippen molar-refractivity contribution in [1.82, 2.24) is 0 Å². The lowest BCUT2D eigenvalue weighted by molar-refractivity contribution is 0.343. The lowest BCUT2D eigenvalue weighted by Gasteiger charge is -2.31. The molecule has 100 valence electrons. The summed E-state index contributed by atoms with van der Waals surface area (Å²) in [6, 6.07) is 17.5. The monoisotopic (exact) mass is 264 g/mol. The van der Waals surface area contributed by atoms with Crippen LogP contribution in [0.2, 0.25) is 0 Å². The second-order valence-corrected chi connectivity index (χ2v) is 5.06. The highest BCUT2D eigenvalue weighted by Gasteiger charge is 2.43. The Bertz CT molecular complexity index is 610. The van der Waals surface area contributed by atoms with Crippen molar-refractivity contribution in [2.24, 2.45) is 0 Å². The number of benzene rings is 2. The van der Waals surface area contributed by atoms with E-state index in [1.165, 1.54) is 0 Å². The molecule has 0 heterocycles. The van der Waals surface area contributed by atoms with Gasteiger partial charge in [0.05, 0.1) is 0 Å². The summed E-state index contributed by atoms with van der Waals surface area (Å²) in [6.45, 7) is 7.29. The minimum absolute atomic E-state index is 0.373. The van der Waals surface area contributed by atoms with Gasteiger partial charge in [0.2, 0.25) is 0 Å². The van der Waals surface area contributed by atoms with Gasteiger partial charge >= 0.3 is 5.66 Å². The Labute approximate surface area is 119 Å². The van der Waals surface area contributed by atoms with E-state index in [-0.39, 0.29) is 5.66 Å². The van der Waals surface area contributed by atoms with Crippen LogP contribution in [0.15, 0.2) is 54.6 Å². The highest BCUT2D eigenvalue weighted by molar-refractivity contribution is 5.50. The average molecular weight is 264 g/mol. The van der Waals surface area contributed by atoms with Gasteiger partial charge in [-0.1, -0.05) is 18.2 Å². The van der Waals surface area contributed by atoms with Crippen molar-refractivity contribution in [3.8, 4) is 11.5 Å². The van der Waals surface area contributed by atoms with Crippen molar-refractivity contribution in [2.75, 3.05) is 5.32 Å². The second-order valence-electron chi connectivity index (χ2n) is 5.06. The zero-order valence-corrected chi connectivity index (χ0v) is 11.2. The summed E-state index contributed by atoms with van der Waals surface area (Å²) in [7, 11) is 0. The van der Waals surface area contributed by atoms with Gasteiger partial charge in [0.1, 0.15) is 11.5 Å². The minimum Gasteiger partial charge on any atom is -0.457 e. The largest absolute Gasteiger partial charge is 0.457 e. The molecule has 0 aliphatic heterocycles. The molecule has 2 aromatic rings. The Morgan fingerprint density at radius 2 is 1.60 bits per heavy atom. The van der Waals surface area contributed by atoms with E-state index in [0.717, 1.165) is 36.4 Å². The van der Waals surface area contributed by atoms with Gasteiger partial charge in [-0.3, -0.25) is 4.85 Å². The summed E-state index contributed by atoms with van der Waals surface area (Å²) in [5.41, 5.74) is 0.600. The standard InChI is InChI=1S/C17H16N2O/c1-18-17(12-5-13-17)19-14-8-10-16(11-9-14)20-15-6-3-2-4-7-15/h2-4,6-11,19H,5,12-13H2. The molecule has 1 N–H and O–H groups in total. The molecule has 1 saturated carbocycles. The Morgan fingerprint density at radius 3 is 2.15 bits per heavy atom. The van der Waals surface area contributed by atoms with Gasteiger partial charge < -0.3 is 10.1 Å². The first-order valence-corrected chi connectivity index (χ1v) is 6.79. The first-order valence-electron chi connectivity index (χ1n) is 6.79. The minimum atomic E-state index is -0.373. The van der Waals surface area contributed by atoms with E-state index in [4.69, 9.17) is 11.3 Å². The average Bonchev–Trinajstić information content (AvgIpc) is 2.46. The zero-order valence-electron chi connectivity index (χ0n) is 11.2. The number of hydrogen-bond donors (Lipinski definition) is 1. The first kappa shape index (κ1) is 12.6. The Hall–Kier alpha value is -2.47. The molecule has 2 aromatic carbocycles. The van der Waals surface area contributed by atoms with Gasteiger partial charge in [0.25, 0.3) is 0 Å². The van der Waals surface area contributed by atoms with Gasteiger partial charge in [-0.2, -0.15) is 0 Å². The third kappa shape index (κ3) is 2.60. The van der Waals surface area contributed by atoms with E-state index in [0.29, 0.717) is 0 Å². The van der Waals surface area contributed by atoms with Crippen LogP contribution in [0.1, 0.15) is 19.3 Å². The molecule has 0 saturated heterocycles. The molecular weight excluding hydrogens is 248 g/mol. The molecule has 0 aromatic heterocycles. The van der Waals surface area contributed by atoms with E-state index >= 15 is 0 Å². The summed E-state index contributed by atoms with van der Waals surface area (Å²) in [4.78, 5) is 3.72. The van der Waals surface area contributed by atoms with Crippen molar-refractivity contribution < 1.29 is 4.74 Å². The molecule has 0 atom stereocenters. The van der Waals surface area contributed by atoms with Crippen LogP contribution in [0.25, 0.3) is 4.85 Å². The Morgan fingerprint density at radius 1 is 0.950 bits per heavy atom. The van der Waals surface area contributed by atoms with Crippen LogP contribution in [-0.4, -0.2) is 5.66 Å². The van der Waals surface area contributed by atoms with Crippen LogP contribution in [0, 0.1) is 6.57 Å². The number of hydrogen-bond acceptors (Lipinski definition) is 2. The normalized spacial score (nSPS) is 15.8. The lowest BCUT2D eigenvalue weighted by atomic mass is 9.85. The second kappa shape index (κ2) is 5.26. The summed E-state index contributed by atoms with van der Waals surface area (Å²) in [5, 5.41) is 3.32. The molecule has 3 rings (SSSR count). The number of para-hydroxylation sites is 1. The Balaban J connectivity index is 1.67. The van der Waals surface area contributed by atoms with Gasteiger partial charge in [-0.15, -0.1) is 0 Å². The van der Waals surface area contributed by atoms with E-state index in [9.17, 15) is 0 Å². The van der Waals surface area contributed by atoms with E-state index in [2.05, 4.69) is 10.2 Å². The molecule has 20 heavy (non-hydrogen) atoms. The molecule has 0 radical (unpaired) electrons. The van der Waals surface area contributed by atoms with Crippen LogP contribution in [0.4, 0.5) is 5.69 Å². The topological polar surface area (TPSA) is 25.6 Å². The number of anilines is 1. The van der Waals surface area contributed by atoms with E-state index < -0.39 is 0 Å². The number of rotatable bonds is 4. The van der Waals surface area contributed by atoms with Crippen LogP contribution in [-0.2, 0) is 0 Å². The predicted octanol–water partition coefficient (Wildman–Crippen LogP) is 4.69. The molecule has 1 aliphatic carbocycles. The van der Waals surface area contributed by atoms with Crippen LogP contribution < -0.4 is 10.1 Å². The maximum absolute atomic E-state index is 7.29. The molecule has 3 heteroatoms. The third-order valence-electron chi connectivity index (χ3n) is 3.60. The quantitative estimate of drug-likeness (QED) is 0.810. The molecule has 0 bridgehead atoms. The van der Waals surface area contributed by atoms with Crippen LogP contribution in [0.5, 0.6) is 11.5 Å². The van der Waals surface area contributed by atoms with Gasteiger partial charge in [-0.05, 0) is 42.8 Å². The van der Waals surface area contributed by atoms with Gasteiger partial charge in [0.15, 0.2) is 0 Å². The van der Waals surface area contributed by atoms with E-state index in [1.54, 1.807) is 0 Å². The fourth-order valence-corrected chi connectivity index (χ4v) is 2.28. The highest BCUT2D eigenvalue weighted by Crippen LogP contribution is 2.37. The lowest BCUT2D eigenvalue weighted by Crippen LogP contribution is -2.41. The molecule has 1 fully saturated rings. The molecule has 3 nitrogen and oxygen atoms in total. The number of nitrogens with one attached hydrogen (secondary N) is 1. The van der Waals surface area contributed by atoms with Crippen molar-refractivity contribution in [2.45, 2.75) is 24.9 Å². The zero-order chi connectivity index (χ0) is 13.8. The third-order valence-corrected chi connectivity index (χ3v) is 3.60. The van der Waals surface area contributed by atoms with Crippen molar-refractivity contribution in [1.29, 1.82) is 0 Å². The van der Waals surface area contributed by atoms with Crippen LogP contribution in [0.3, 0.4) is 0 Å². The number of ether oxygens (including phenoxy) is 1. The molecular formula is C17H16N2O. The van der Waals surface area contributed by atoms with Crippen molar-refractivity contribution >= 4 is 5.69 Å². The first-order chi connectivity index (χ1) is 9.80. The maximum atomic E-state index is 7.29. The summed E-state index contributed by atoms with van der Waals surface area (Å²) < 4.78 is 5.74. The highest BCUT2D eigenvalue weighted by atomic mass is 16.5. The fraction of sp³-hybridized carbons (Fsp3) is 0.235. The summed E-state index contributed by atoms with van der Waals surface area (Å²) >= 11 is 0. The predicted molar refractivity (Wildman–Crippen MR) is 79.8 cm³/mol. The van der Waals surface area contributed by atoms with E-state index in [1.807, 2.05) is 54.6 Å². The molecule has 0 amide bonds. The fourth-order valence-electron chi connectivity index (χ4n) is 2.28. The van der Waals surface area contributed by atoms with Gasteiger partial charge in [-0.25, -0.2) is 6.57 Å². The summed E-state index contributed by atoms with van der Waals surface area (Å²) in [5.74, 6) is 1.62. The van der Waals surface area contributed by atoms with Crippen molar-refractivity contribution in [3.05, 3.63) is 66.0 Å². The van der Waals surface area contributed by atoms with Crippen LogP contribution >= 0.6 is 0 Å². The molecule has 0 unspecified atom stereocenters. The maximum Gasteiger partial charge on any atom is 0.305 e. The SMILES string of the molecule is [C-]#[N+]C1(Nc2ccc(Oc3ccccc3)cc2)CCC1. The Kier molecular flexibility index (Phi) is 3.30. The number of nitrogens with zero attached hydrogens (tertiary/aromatic N) is 1. The smallest absolute Gasteiger partial charge is 0.305 e. The van der Waals surface area contributed by atoms with Crippen molar-refractivity contribution in [3.63, 3.8) is 0 Å². The van der Waals surface area contributed by atoms with Gasteiger partial charge in [0, 0.05) is 18.5 Å². The molecule has 0 spiro atoms. The summed E-state index contributed by atoms with van der Waals surface area (Å²) in [6.07, 6.45) is 2.99.